The lowest BCUT2D eigenvalue weighted by Crippen LogP contribution is -2.38. The summed E-state index contributed by atoms with van der Waals surface area (Å²) < 4.78 is 0. The summed E-state index contributed by atoms with van der Waals surface area (Å²) in [5.41, 5.74) is 8.12. The van der Waals surface area contributed by atoms with Gasteiger partial charge in [-0.1, -0.05) is 57.2 Å². The van der Waals surface area contributed by atoms with E-state index in [-0.39, 0.29) is 5.91 Å². The fourth-order valence-corrected chi connectivity index (χ4v) is 2.28. The fourth-order valence-electron chi connectivity index (χ4n) is 2.28. The van der Waals surface area contributed by atoms with E-state index in [4.69, 9.17) is 0 Å². The normalized spacial score (nSPS) is 11.6. The average Bonchev–Trinajstić information content (AvgIpc) is 2.50. The second kappa shape index (κ2) is 5.30. The van der Waals surface area contributed by atoms with Crippen LogP contribution in [0.25, 0.3) is 21.8 Å². The lowest BCUT2D eigenvalue weighted by Gasteiger charge is -2.20. The summed E-state index contributed by atoms with van der Waals surface area (Å²) >= 11 is 0. The summed E-state index contributed by atoms with van der Waals surface area (Å²) in [5, 5.41) is 1.96. The molecular weight excluding hydrogens is 274 g/mol. The van der Waals surface area contributed by atoms with E-state index >= 15 is 0 Å². The molecule has 4 nitrogen and oxygen atoms in total. The zero-order valence-electron chi connectivity index (χ0n) is 13.0. The molecule has 0 spiro atoms. The van der Waals surface area contributed by atoms with Gasteiger partial charge in [-0.25, -0.2) is 4.98 Å². The quantitative estimate of drug-likeness (QED) is 0.557. The molecule has 0 atom stereocenters. The third-order valence-electron chi connectivity index (χ3n) is 3.57. The van der Waals surface area contributed by atoms with Crippen molar-refractivity contribution < 1.29 is 4.79 Å². The maximum atomic E-state index is 12.1. The van der Waals surface area contributed by atoms with Gasteiger partial charge in [-0.3, -0.25) is 15.6 Å². The van der Waals surface area contributed by atoms with Crippen molar-refractivity contribution in [2.75, 3.05) is 5.43 Å². The van der Waals surface area contributed by atoms with Gasteiger partial charge in [0.1, 0.15) is 0 Å². The number of rotatable bonds is 2. The molecule has 112 valence electrons. The Kier molecular flexibility index (Phi) is 3.45. The highest BCUT2D eigenvalue weighted by Crippen LogP contribution is 2.30. The van der Waals surface area contributed by atoms with Crippen LogP contribution >= 0.6 is 0 Å². The van der Waals surface area contributed by atoms with Crippen molar-refractivity contribution in [2.45, 2.75) is 20.8 Å². The number of nitrogens with zero attached hydrogens (tertiary/aromatic N) is 1. The molecule has 0 fully saturated rings. The number of carbonyl (C=O) groups excluding carboxylic acids is 1. The molecule has 0 bridgehead atoms. The minimum absolute atomic E-state index is 0.0579. The summed E-state index contributed by atoms with van der Waals surface area (Å²) in [4.78, 5) is 16.8. The van der Waals surface area contributed by atoms with Gasteiger partial charge in [0, 0.05) is 16.2 Å². The first-order chi connectivity index (χ1) is 10.5. The molecular formula is C18H19N3O. The Hall–Kier alpha value is -2.62. The van der Waals surface area contributed by atoms with Gasteiger partial charge in [-0.05, 0) is 12.1 Å². The van der Waals surface area contributed by atoms with Gasteiger partial charge in [-0.15, -0.1) is 0 Å². The van der Waals surface area contributed by atoms with Crippen LogP contribution in [0.15, 0.2) is 48.5 Å². The Morgan fingerprint density at radius 3 is 1.91 bits per heavy atom. The third kappa shape index (κ3) is 2.60. The van der Waals surface area contributed by atoms with E-state index in [2.05, 4.69) is 15.8 Å². The van der Waals surface area contributed by atoms with Crippen molar-refractivity contribution in [2.24, 2.45) is 5.41 Å². The molecule has 3 aromatic rings. The van der Waals surface area contributed by atoms with Crippen LogP contribution in [0.3, 0.4) is 0 Å². The van der Waals surface area contributed by atoms with Gasteiger partial charge in [0.2, 0.25) is 5.91 Å². The predicted octanol–water partition coefficient (Wildman–Crippen LogP) is 3.88. The second-order valence-electron chi connectivity index (χ2n) is 6.35. The topological polar surface area (TPSA) is 54.0 Å². The number of hydrogen-bond donors (Lipinski definition) is 2. The molecule has 0 unspecified atom stereocenters. The predicted molar refractivity (Wildman–Crippen MR) is 90.5 cm³/mol. The Morgan fingerprint density at radius 1 is 0.909 bits per heavy atom. The molecule has 0 aliphatic rings. The number of nitrogens with one attached hydrogen (secondary N) is 2. The number of hydrazine groups is 1. The number of carbonyl (C=O) groups is 1. The number of amides is 1. The van der Waals surface area contributed by atoms with Crippen molar-refractivity contribution in [3.05, 3.63) is 48.5 Å². The Labute approximate surface area is 129 Å². The lowest BCUT2D eigenvalue weighted by atomic mass is 9.96. The fraction of sp³-hybridized carbons (Fsp3) is 0.222. The van der Waals surface area contributed by atoms with Crippen LogP contribution in [0.1, 0.15) is 20.8 Å². The molecule has 2 aromatic carbocycles. The van der Waals surface area contributed by atoms with E-state index in [9.17, 15) is 4.79 Å². The monoisotopic (exact) mass is 293 g/mol. The van der Waals surface area contributed by atoms with E-state index in [1.54, 1.807) is 0 Å². The molecule has 3 rings (SSSR count). The number of benzene rings is 2. The molecule has 2 N–H and O–H groups in total. The molecule has 4 heteroatoms. The molecule has 0 saturated carbocycles. The second-order valence-corrected chi connectivity index (χ2v) is 6.35. The van der Waals surface area contributed by atoms with Crippen LogP contribution in [0.4, 0.5) is 5.69 Å². The minimum Gasteiger partial charge on any atom is -0.297 e. The molecule has 1 heterocycles. The van der Waals surface area contributed by atoms with Gasteiger partial charge in [0.25, 0.3) is 0 Å². The van der Waals surface area contributed by atoms with Crippen LogP contribution in [0, 0.1) is 5.41 Å². The van der Waals surface area contributed by atoms with Crippen molar-refractivity contribution in [3.63, 3.8) is 0 Å². The molecule has 0 aliphatic carbocycles. The first-order valence-electron chi connectivity index (χ1n) is 7.31. The molecule has 0 radical (unpaired) electrons. The summed E-state index contributed by atoms with van der Waals surface area (Å²) in [6.07, 6.45) is 0. The standard InChI is InChI=1S/C18H19N3O/c1-18(2,3)17(22)21-20-16-12-8-4-6-10-14(12)19-15-11-7-5-9-13(15)16/h4-11H,1-3H3,(H,19,20)(H,21,22). The summed E-state index contributed by atoms with van der Waals surface area (Å²) in [7, 11) is 0. The summed E-state index contributed by atoms with van der Waals surface area (Å²) in [6, 6.07) is 15.8. The first-order valence-corrected chi connectivity index (χ1v) is 7.31. The van der Waals surface area contributed by atoms with Crippen LogP contribution in [0.5, 0.6) is 0 Å². The van der Waals surface area contributed by atoms with Crippen molar-refractivity contribution in [1.82, 2.24) is 10.4 Å². The zero-order chi connectivity index (χ0) is 15.7. The summed E-state index contributed by atoms with van der Waals surface area (Å²) in [6.45, 7) is 5.65. The Bertz CT molecular complexity index is 796. The molecule has 22 heavy (non-hydrogen) atoms. The van der Waals surface area contributed by atoms with Crippen LogP contribution in [0.2, 0.25) is 0 Å². The largest absolute Gasteiger partial charge is 0.297 e. The van der Waals surface area contributed by atoms with Gasteiger partial charge in [-0.2, -0.15) is 0 Å². The minimum atomic E-state index is -0.453. The maximum absolute atomic E-state index is 12.1. The highest BCUT2D eigenvalue weighted by molar-refractivity contribution is 6.07. The Morgan fingerprint density at radius 2 is 1.41 bits per heavy atom. The van der Waals surface area contributed by atoms with Crippen molar-refractivity contribution >= 4 is 33.4 Å². The SMILES string of the molecule is CC(C)(C)C(=O)NNc1c2ccccc2nc2ccccc12. The van der Waals surface area contributed by atoms with Gasteiger partial charge >= 0.3 is 0 Å². The third-order valence-corrected chi connectivity index (χ3v) is 3.57. The molecule has 1 aromatic heterocycles. The molecule has 0 aliphatic heterocycles. The number of anilines is 1. The average molecular weight is 293 g/mol. The number of fused-ring (bicyclic) bond motifs is 2. The number of pyridine rings is 1. The highest BCUT2D eigenvalue weighted by atomic mass is 16.2. The van der Waals surface area contributed by atoms with E-state index in [0.717, 1.165) is 27.5 Å². The van der Waals surface area contributed by atoms with E-state index in [1.165, 1.54) is 0 Å². The van der Waals surface area contributed by atoms with E-state index < -0.39 is 5.41 Å². The van der Waals surface area contributed by atoms with Gasteiger partial charge in [0.05, 0.1) is 16.7 Å². The maximum Gasteiger partial charge on any atom is 0.243 e. The lowest BCUT2D eigenvalue weighted by molar-refractivity contribution is -0.127. The zero-order valence-corrected chi connectivity index (χ0v) is 13.0. The smallest absolute Gasteiger partial charge is 0.243 e. The summed E-state index contributed by atoms with van der Waals surface area (Å²) in [5.74, 6) is -0.0579. The highest BCUT2D eigenvalue weighted by Gasteiger charge is 2.21. The first kappa shape index (κ1) is 14.3. The van der Waals surface area contributed by atoms with Crippen LogP contribution in [-0.2, 0) is 4.79 Å². The number of hydrogen-bond acceptors (Lipinski definition) is 3. The van der Waals surface area contributed by atoms with Crippen molar-refractivity contribution in [3.8, 4) is 0 Å². The van der Waals surface area contributed by atoms with Gasteiger partial charge < -0.3 is 0 Å². The van der Waals surface area contributed by atoms with Gasteiger partial charge in [0.15, 0.2) is 0 Å². The molecule has 1 amide bonds. The number of aromatic nitrogens is 1. The number of para-hydroxylation sites is 2. The van der Waals surface area contributed by atoms with Crippen molar-refractivity contribution in [1.29, 1.82) is 0 Å². The molecule has 0 saturated heterocycles. The van der Waals surface area contributed by atoms with E-state index in [0.29, 0.717) is 0 Å². The van der Waals surface area contributed by atoms with Crippen LogP contribution < -0.4 is 10.9 Å². The van der Waals surface area contributed by atoms with E-state index in [1.807, 2.05) is 69.3 Å². The Balaban J connectivity index is 2.10. The van der Waals surface area contributed by atoms with Crippen LogP contribution in [-0.4, -0.2) is 10.9 Å².